The van der Waals surface area contributed by atoms with Crippen molar-refractivity contribution < 1.29 is 28.2 Å². The van der Waals surface area contributed by atoms with Gasteiger partial charge in [-0.2, -0.15) is 0 Å². The summed E-state index contributed by atoms with van der Waals surface area (Å²) >= 11 is 0. The lowest BCUT2D eigenvalue weighted by Gasteiger charge is -2.40. The molecule has 0 spiro atoms. The lowest BCUT2D eigenvalue weighted by atomic mass is 9.81. The predicted molar refractivity (Wildman–Crippen MR) is 130 cm³/mol. The Morgan fingerprint density at radius 2 is 1.71 bits per heavy atom. The molecule has 0 atom stereocenters. The van der Waals surface area contributed by atoms with Crippen LogP contribution in [0.3, 0.4) is 0 Å². The highest BCUT2D eigenvalue weighted by Gasteiger charge is 2.37. The molecule has 34 heavy (non-hydrogen) atoms. The van der Waals surface area contributed by atoms with Gasteiger partial charge < -0.3 is 19.1 Å². The Morgan fingerprint density at radius 1 is 1.03 bits per heavy atom. The molecule has 0 aromatic heterocycles. The number of esters is 1. The van der Waals surface area contributed by atoms with Crippen molar-refractivity contribution in [3.63, 3.8) is 0 Å². The molecule has 0 radical (unpaired) electrons. The third-order valence-corrected chi connectivity index (χ3v) is 7.42. The molecule has 2 aliphatic rings. The van der Waals surface area contributed by atoms with Crippen molar-refractivity contribution in [3.05, 3.63) is 23.5 Å². The van der Waals surface area contributed by atoms with Gasteiger partial charge in [0.15, 0.2) is 11.6 Å². The maximum absolute atomic E-state index is 15.2. The Labute approximate surface area is 203 Å². The smallest absolute Gasteiger partial charge is 0.340 e. The molecule has 0 heterocycles. The molecule has 0 bridgehead atoms. The van der Waals surface area contributed by atoms with E-state index in [0.29, 0.717) is 12.5 Å². The van der Waals surface area contributed by atoms with E-state index < -0.39 is 11.8 Å². The number of rotatable bonds is 9. The Bertz CT molecular complexity index is 829. The number of unbranched alkanes of at least 4 members (excludes halogenated alkanes) is 1. The van der Waals surface area contributed by atoms with Gasteiger partial charge in [-0.15, -0.1) is 0 Å². The van der Waals surface area contributed by atoms with Gasteiger partial charge in [-0.1, -0.05) is 20.3 Å². The highest BCUT2D eigenvalue weighted by molar-refractivity contribution is 6.04. The van der Waals surface area contributed by atoms with Gasteiger partial charge in [0, 0.05) is 25.1 Å². The highest BCUT2D eigenvalue weighted by Crippen LogP contribution is 2.38. The second-order valence-corrected chi connectivity index (χ2v) is 9.82. The van der Waals surface area contributed by atoms with E-state index in [9.17, 15) is 9.59 Å². The van der Waals surface area contributed by atoms with E-state index in [1.54, 1.807) is 12.0 Å². The lowest BCUT2D eigenvalue weighted by Crippen LogP contribution is -2.47. The third kappa shape index (κ3) is 6.29. The van der Waals surface area contributed by atoms with Crippen molar-refractivity contribution in [3.8, 4) is 5.75 Å². The van der Waals surface area contributed by atoms with Crippen LogP contribution in [0, 0.1) is 17.7 Å². The number of halogens is 1. The molecule has 0 aliphatic heterocycles. The Hall–Kier alpha value is -2.15. The van der Waals surface area contributed by atoms with Gasteiger partial charge in [-0.3, -0.25) is 4.79 Å². The van der Waals surface area contributed by atoms with Gasteiger partial charge in [0.05, 0.1) is 31.1 Å². The number of carbonyl (C=O) groups is 2. The molecule has 2 fully saturated rings. The molecule has 2 aliphatic carbocycles. The summed E-state index contributed by atoms with van der Waals surface area (Å²) < 4.78 is 31.4. The summed E-state index contributed by atoms with van der Waals surface area (Å²) in [5.41, 5.74) is 0.457. The van der Waals surface area contributed by atoms with Crippen LogP contribution < -0.4 is 9.64 Å². The Balaban J connectivity index is 2.00. The summed E-state index contributed by atoms with van der Waals surface area (Å²) in [6, 6.07) is 2.57. The zero-order valence-corrected chi connectivity index (χ0v) is 21.1. The van der Waals surface area contributed by atoms with Crippen LogP contribution in [0.1, 0.15) is 88.4 Å². The first kappa shape index (κ1) is 26.5. The average Bonchev–Trinajstić information content (AvgIpc) is 2.85. The molecule has 7 heteroatoms. The molecule has 0 N–H and O–H groups in total. The number of hydrogen-bond acceptors (Lipinski definition) is 5. The van der Waals surface area contributed by atoms with E-state index in [2.05, 4.69) is 6.92 Å². The maximum atomic E-state index is 15.2. The van der Waals surface area contributed by atoms with Crippen LogP contribution >= 0.6 is 0 Å². The third-order valence-electron chi connectivity index (χ3n) is 7.42. The van der Waals surface area contributed by atoms with Crippen LogP contribution in [0.2, 0.25) is 0 Å². The molecular weight excluding hydrogens is 437 g/mol. The number of amides is 1. The second kappa shape index (κ2) is 12.5. The van der Waals surface area contributed by atoms with Crippen LogP contribution in [0.15, 0.2) is 12.1 Å². The van der Waals surface area contributed by atoms with E-state index >= 15 is 4.39 Å². The van der Waals surface area contributed by atoms with Gasteiger partial charge in [0.25, 0.3) is 0 Å². The molecule has 3 rings (SSSR count). The summed E-state index contributed by atoms with van der Waals surface area (Å²) in [6.07, 6.45) is 8.62. The minimum absolute atomic E-state index is 0.0135. The summed E-state index contributed by atoms with van der Waals surface area (Å²) in [5.74, 6) is -0.686. The summed E-state index contributed by atoms with van der Waals surface area (Å²) in [5, 5.41) is 0. The Kier molecular flexibility index (Phi) is 9.74. The van der Waals surface area contributed by atoms with Crippen molar-refractivity contribution in [2.24, 2.45) is 11.8 Å². The van der Waals surface area contributed by atoms with E-state index in [1.165, 1.54) is 19.2 Å². The van der Waals surface area contributed by atoms with E-state index in [0.717, 1.165) is 64.2 Å². The number of anilines is 1. The predicted octanol–water partition coefficient (Wildman–Crippen LogP) is 5.91. The molecular formula is C27H40FNO5. The topological polar surface area (TPSA) is 65.1 Å². The van der Waals surface area contributed by atoms with Gasteiger partial charge in [-0.05, 0) is 69.8 Å². The average molecular weight is 478 g/mol. The van der Waals surface area contributed by atoms with Crippen molar-refractivity contribution in [2.75, 3.05) is 25.7 Å². The van der Waals surface area contributed by atoms with Crippen LogP contribution in [0.25, 0.3) is 0 Å². The lowest BCUT2D eigenvalue weighted by molar-refractivity contribution is -0.124. The quantitative estimate of drug-likeness (QED) is 0.327. The number of hydrogen-bond donors (Lipinski definition) is 0. The van der Waals surface area contributed by atoms with Gasteiger partial charge >= 0.3 is 5.97 Å². The molecule has 1 amide bonds. The number of ether oxygens (including phenoxy) is 3. The minimum atomic E-state index is -0.601. The monoisotopic (exact) mass is 477 g/mol. The van der Waals surface area contributed by atoms with Crippen molar-refractivity contribution in [2.45, 2.75) is 90.2 Å². The van der Waals surface area contributed by atoms with Crippen molar-refractivity contribution in [1.82, 2.24) is 0 Å². The molecule has 190 valence electrons. The molecule has 2 saturated carbocycles. The number of benzene rings is 1. The van der Waals surface area contributed by atoms with Crippen LogP contribution in [0.4, 0.5) is 10.1 Å². The SMILES string of the molecule is CCCCOc1cc(C(=O)OC)c(N(C(=O)C2CCC(C)CC2)C2CCC(OC)CC2)cc1F. The second-order valence-electron chi connectivity index (χ2n) is 9.82. The number of methoxy groups -OCH3 is 2. The highest BCUT2D eigenvalue weighted by atomic mass is 19.1. The summed E-state index contributed by atoms with van der Waals surface area (Å²) in [4.78, 5) is 28.4. The van der Waals surface area contributed by atoms with Gasteiger partial charge in [0.2, 0.25) is 5.91 Å². The zero-order chi connectivity index (χ0) is 24.7. The van der Waals surface area contributed by atoms with E-state index in [-0.39, 0.29) is 41.0 Å². The van der Waals surface area contributed by atoms with Gasteiger partial charge in [0.1, 0.15) is 0 Å². The summed E-state index contributed by atoms with van der Waals surface area (Å²) in [6.45, 7) is 4.60. The molecule has 1 aromatic carbocycles. The van der Waals surface area contributed by atoms with Crippen molar-refractivity contribution in [1.29, 1.82) is 0 Å². The normalized spacial score (nSPS) is 25.0. The van der Waals surface area contributed by atoms with Crippen LogP contribution in [0.5, 0.6) is 5.75 Å². The minimum Gasteiger partial charge on any atom is -0.490 e. The Morgan fingerprint density at radius 3 is 2.29 bits per heavy atom. The van der Waals surface area contributed by atoms with Crippen molar-refractivity contribution >= 4 is 17.6 Å². The van der Waals surface area contributed by atoms with Gasteiger partial charge in [-0.25, -0.2) is 9.18 Å². The van der Waals surface area contributed by atoms with Crippen LogP contribution in [-0.4, -0.2) is 44.8 Å². The first-order valence-corrected chi connectivity index (χ1v) is 12.8. The van der Waals surface area contributed by atoms with Crippen LogP contribution in [-0.2, 0) is 14.3 Å². The maximum Gasteiger partial charge on any atom is 0.340 e. The first-order valence-electron chi connectivity index (χ1n) is 12.8. The molecule has 1 aromatic rings. The first-order chi connectivity index (χ1) is 16.4. The largest absolute Gasteiger partial charge is 0.490 e. The summed E-state index contributed by atoms with van der Waals surface area (Å²) in [7, 11) is 3.00. The zero-order valence-electron chi connectivity index (χ0n) is 21.1. The number of nitrogens with zero attached hydrogens (tertiary/aromatic N) is 1. The molecule has 0 saturated heterocycles. The fourth-order valence-corrected chi connectivity index (χ4v) is 5.19. The molecule has 6 nitrogen and oxygen atoms in total. The fourth-order valence-electron chi connectivity index (χ4n) is 5.19. The number of carbonyl (C=O) groups excluding carboxylic acids is 2. The standard InChI is InChI=1S/C27H40FNO5/c1-5-6-15-34-25-16-22(27(31)33-4)24(17-23(25)28)29(20-11-13-21(32-3)14-12-20)26(30)19-9-7-18(2)8-10-19/h16-21H,5-15H2,1-4H3. The van der Waals surface area contributed by atoms with E-state index in [1.807, 2.05) is 6.92 Å². The fraction of sp³-hybridized carbons (Fsp3) is 0.704. The van der Waals surface area contributed by atoms with E-state index in [4.69, 9.17) is 14.2 Å². The molecule has 0 unspecified atom stereocenters.